The molecule has 0 bridgehead atoms. The Morgan fingerprint density at radius 2 is 1.83 bits per heavy atom. The minimum atomic E-state index is -3.46. The number of anilines is 2. The van der Waals surface area contributed by atoms with Gasteiger partial charge in [0.25, 0.3) is 5.91 Å². The molecule has 10 nitrogen and oxygen atoms in total. The number of urea groups is 1. The van der Waals surface area contributed by atoms with Crippen molar-refractivity contribution in [1.82, 2.24) is 9.21 Å². The molecule has 3 atom stereocenters. The fourth-order valence-electron chi connectivity index (χ4n) is 3.73. The zero-order chi connectivity index (χ0) is 26.6. The average Bonchev–Trinajstić information content (AvgIpc) is 2.82. The highest BCUT2D eigenvalue weighted by Crippen LogP contribution is 2.31. The number of rotatable bonds is 7. The van der Waals surface area contributed by atoms with Crippen molar-refractivity contribution in [3.8, 4) is 5.75 Å². The first kappa shape index (κ1) is 27.4. The number of carbonyl (C=O) groups excluding carboxylic acids is 2. The molecule has 2 aromatic rings. The highest BCUT2D eigenvalue weighted by molar-refractivity contribution is 7.88. The molecule has 12 heteroatoms. The number of fused-ring (bicyclic) bond motifs is 1. The third-order valence-corrected chi connectivity index (χ3v) is 7.31. The Balaban J connectivity index is 1.90. The van der Waals surface area contributed by atoms with Gasteiger partial charge in [-0.15, -0.1) is 0 Å². The predicted octanol–water partition coefficient (Wildman–Crippen LogP) is 2.58. The molecule has 36 heavy (non-hydrogen) atoms. The number of ether oxygens (including phenoxy) is 1. The number of nitrogens with zero attached hydrogens (tertiary/aromatic N) is 2. The Kier molecular flexibility index (Phi) is 8.54. The Morgan fingerprint density at radius 3 is 2.44 bits per heavy atom. The van der Waals surface area contributed by atoms with Gasteiger partial charge in [-0.05, 0) is 49.4 Å². The molecule has 1 heterocycles. The Morgan fingerprint density at radius 1 is 1.22 bits per heavy atom. The van der Waals surface area contributed by atoms with Crippen molar-refractivity contribution in [2.24, 2.45) is 5.92 Å². The minimum Gasteiger partial charge on any atom is -0.488 e. The summed E-state index contributed by atoms with van der Waals surface area (Å²) in [6.45, 7) is 3.59. The molecule has 196 valence electrons. The number of likely N-dealkylation sites (N-methyl/N-ethyl adjacent to an activating group) is 1. The van der Waals surface area contributed by atoms with Gasteiger partial charge in [-0.1, -0.05) is 6.92 Å². The van der Waals surface area contributed by atoms with Crippen molar-refractivity contribution in [1.29, 1.82) is 0 Å². The first-order valence-corrected chi connectivity index (χ1v) is 13.2. The lowest BCUT2D eigenvalue weighted by Gasteiger charge is -2.38. The molecule has 1 aliphatic heterocycles. The smallest absolute Gasteiger partial charge is 0.323 e. The number of hydrogen-bond donors (Lipinski definition) is 3. The molecule has 3 rings (SSSR count). The fraction of sp³-hybridized carbons (Fsp3) is 0.417. The second kappa shape index (κ2) is 11.2. The van der Waals surface area contributed by atoms with Crippen LogP contribution in [-0.2, 0) is 10.0 Å². The van der Waals surface area contributed by atoms with Gasteiger partial charge >= 0.3 is 6.03 Å². The summed E-state index contributed by atoms with van der Waals surface area (Å²) >= 11 is 0. The predicted molar refractivity (Wildman–Crippen MR) is 134 cm³/mol. The van der Waals surface area contributed by atoms with Crippen molar-refractivity contribution in [2.75, 3.05) is 43.6 Å². The summed E-state index contributed by atoms with van der Waals surface area (Å²) in [5, 5.41) is 15.0. The third-order valence-electron chi connectivity index (χ3n) is 6.03. The molecule has 0 saturated heterocycles. The molecule has 2 aromatic carbocycles. The maximum atomic E-state index is 13.4. The van der Waals surface area contributed by atoms with Crippen molar-refractivity contribution in [3.63, 3.8) is 0 Å². The first-order valence-electron chi connectivity index (χ1n) is 11.4. The Labute approximate surface area is 210 Å². The number of halogens is 1. The monoisotopic (exact) mass is 522 g/mol. The lowest BCUT2D eigenvalue weighted by atomic mass is 9.99. The molecule has 1 aliphatic rings. The summed E-state index contributed by atoms with van der Waals surface area (Å²) in [6, 6.07) is 8.71. The zero-order valence-electron chi connectivity index (χ0n) is 20.6. The summed E-state index contributed by atoms with van der Waals surface area (Å²) in [4.78, 5) is 27.4. The normalized spacial score (nSPS) is 19.1. The summed E-state index contributed by atoms with van der Waals surface area (Å²) in [5.74, 6) is -0.841. The first-order chi connectivity index (χ1) is 16.9. The van der Waals surface area contributed by atoms with E-state index < -0.39 is 39.9 Å². The Bertz CT molecular complexity index is 1210. The topological polar surface area (TPSA) is 128 Å². The SMILES string of the molecule is C[C@H]1CN([C@@H](C)CO)C(=O)c2cc(NC(=O)Nc3ccc(F)cc3)ccc2O[C@@H]1CN(C)S(C)(=O)=O. The number of aliphatic hydroxyl groups excluding tert-OH is 1. The van der Waals surface area contributed by atoms with Crippen LogP contribution in [0.15, 0.2) is 42.5 Å². The van der Waals surface area contributed by atoms with Crippen LogP contribution in [0.3, 0.4) is 0 Å². The molecule has 3 amide bonds. The molecule has 0 unspecified atom stereocenters. The van der Waals surface area contributed by atoms with Crippen LogP contribution in [0, 0.1) is 11.7 Å². The molecule has 0 saturated carbocycles. The van der Waals surface area contributed by atoms with Crippen LogP contribution in [0.5, 0.6) is 5.75 Å². The Hall–Kier alpha value is -3.22. The van der Waals surface area contributed by atoms with E-state index in [0.717, 1.165) is 6.26 Å². The van der Waals surface area contributed by atoms with E-state index >= 15 is 0 Å². The van der Waals surface area contributed by atoms with E-state index in [1.165, 1.54) is 52.7 Å². The van der Waals surface area contributed by atoms with Gasteiger partial charge in [0.1, 0.15) is 17.7 Å². The van der Waals surface area contributed by atoms with E-state index in [9.17, 15) is 27.5 Å². The van der Waals surface area contributed by atoms with Gasteiger partial charge in [0.2, 0.25) is 10.0 Å². The zero-order valence-corrected chi connectivity index (χ0v) is 21.4. The quantitative estimate of drug-likeness (QED) is 0.513. The number of hydrogen-bond acceptors (Lipinski definition) is 6. The van der Waals surface area contributed by atoms with E-state index in [1.807, 2.05) is 6.92 Å². The van der Waals surface area contributed by atoms with Gasteiger partial charge < -0.3 is 25.4 Å². The number of carbonyl (C=O) groups is 2. The van der Waals surface area contributed by atoms with Gasteiger partial charge in [-0.25, -0.2) is 21.9 Å². The van der Waals surface area contributed by atoms with Gasteiger partial charge in [0, 0.05) is 30.9 Å². The molecule has 3 N–H and O–H groups in total. The summed E-state index contributed by atoms with van der Waals surface area (Å²) in [5.41, 5.74) is 0.850. The molecule has 0 radical (unpaired) electrons. The highest BCUT2D eigenvalue weighted by Gasteiger charge is 2.34. The maximum absolute atomic E-state index is 13.4. The molecule has 0 aromatic heterocycles. The number of nitrogens with one attached hydrogen (secondary N) is 2. The number of sulfonamides is 1. The lowest BCUT2D eigenvalue weighted by molar-refractivity contribution is 0.0387. The fourth-order valence-corrected chi connectivity index (χ4v) is 4.15. The van der Waals surface area contributed by atoms with E-state index in [0.29, 0.717) is 11.4 Å². The molecule has 0 aliphatic carbocycles. The van der Waals surface area contributed by atoms with Crippen LogP contribution in [0.1, 0.15) is 24.2 Å². The number of aliphatic hydroxyl groups is 1. The molecule has 0 spiro atoms. The molecule has 0 fully saturated rings. The molecular weight excluding hydrogens is 491 g/mol. The minimum absolute atomic E-state index is 0.0645. The van der Waals surface area contributed by atoms with Crippen LogP contribution >= 0.6 is 0 Å². The van der Waals surface area contributed by atoms with Gasteiger partial charge in [0.15, 0.2) is 0 Å². The van der Waals surface area contributed by atoms with E-state index in [-0.39, 0.29) is 36.9 Å². The highest BCUT2D eigenvalue weighted by atomic mass is 32.2. The number of amides is 3. The van der Waals surface area contributed by atoms with E-state index in [2.05, 4.69) is 10.6 Å². The second-order valence-corrected chi connectivity index (χ2v) is 11.1. The lowest BCUT2D eigenvalue weighted by Crippen LogP contribution is -2.50. The van der Waals surface area contributed by atoms with E-state index in [1.54, 1.807) is 13.0 Å². The number of benzene rings is 2. The van der Waals surface area contributed by atoms with Gasteiger partial charge in [-0.2, -0.15) is 0 Å². The summed E-state index contributed by atoms with van der Waals surface area (Å²) < 4.78 is 44.4. The van der Waals surface area contributed by atoms with Crippen molar-refractivity contribution >= 4 is 33.3 Å². The van der Waals surface area contributed by atoms with Gasteiger partial charge in [-0.3, -0.25) is 4.79 Å². The van der Waals surface area contributed by atoms with Crippen molar-refractivity contribution in [3.05, 3.63) is 53.8 Å². The van der Waals surface area contributed by atoms with Crippen molar-refractivity contribution < 1.29 is 32.2 Å². The van der Waals surface area contributed by atoms with Crippen LogP contribution in [0.2, 0.25) is 0 Å². The van der Waals surface area contributed by atoms with Crippen LogP contribution in [-0.4, -0.2) is 79.8 Å². The van der Waals surface area contributed by atoms with Crippen LogP contribution in [0.25, 0.3) is 0 Å². The maximum Gasteiger partial charge on any atom is 0.323 e. The van der Waals surface area contributed by atoms with Gasteiger partial charge in [0.05, 0.1) is 31.0 Å². The standard InChI is InChI=1S/C24H31FN4O6S/c1-15-12-29(16(2)14-30)23(31)20-11-19(27-24(32)26-18-7-5-17(25)6-8-18)9-10-21(20)35-22(15)13-28(3)36(4,33)34/h5-11,15-16,22,30H,12-14H2,1-4H3,(H2,26,27,32)/t15-,16-,22+/m0/s1. The molecular formula is C24H31FN4O6S. The van der Waals surface area contributed by atoms with E-state index in [4.69, 9.17) is 4.74 Å². The van der Waals surface area contributed by atoms with Crippen molar-refractivity contribution in [2.45, 2.75) is 26.0 Å². The third kappa shape index (κ3) is 6.71. The largest absolute Gasteiger partial charge is 0.488 e. The second-order valence-electron chi connectivity index (χ2n) is 8.96. The van der Waals surface area contributed by atoms with Crippen LogP contribution in [0.4, 0.5) is 20.6 Å². The average molecular weight is 523 g/mol. The summed E-state index contributed by atoms with van der Waals surface area (Å²) in [7, 11) is -2.00. The summed E-state index contributed by atoms with van der Waals surface area (Å²) in [6.07, 6.45) is 0.526. The van der Waals surface area contributed by atoms with Crippen LogP contribution < -0.4 is 15.4 Å².